The number of benzene rings is 1. The highest BCUT2D eigenvalue weighted by atomic mass is 16.5. The number of rotatable bonds is 0. The van der Waals surface area contributed by atoms with E-state index in [-0.39, 0.29) is 0 Å². The summed E-state index contributed by atoms with van der Waals surface area (Å²) in [5.74, 6) is 0. The fourth-order valence-electron chi connectivity index (χ4n) is 1.10. The van der Waals surface area contributed by atoms with Crippen LogP contribution in [0.5, 0.6) is 0 Å². The van der Waals surface area contributed by atoms with E-state index in [1.807, 2.05) is 48.5 Å². The van der Waals surface area contributed by atoms with Gasteiger partial charge in [-0.05, 0) is 12.1 Å². The average Bonchev–Trinajstić information content (AvgIpc) is 2.28. The van der Waals surface area contributed by atoms with E-state index in [4.69, 9.17) is 4.52 Å². The minimum atomic E-state index is 0.777. The number of hydrogen-bond donors (Lipinski definition) is 0. The van der Waals surface area contributed by atoms with Gasteiger partial charge in [0.15, 0.2) is 5.58 Å². The van der Waals surface area contributed by atoms with Crippen molar-refractivity contribution < 1.29 is 4.52 Å². The Morgan fingerprint density at radius 3 is 2.54 bits per heavy atom. The van der Waals surface area contributed by atoms with Crippen molar-refractivity contribution in [1.82, 2.24) is 5.16 Å². The normalized spacial score (nSPS) is 9.54. The molecule has 1 aromatic heterocycles. The minimum absolute atomic E-state index is 0.777. The maximum Gasteiger partial charge on any atom is 0.165 e. The van der Waals surface area contributed by atoms with Crippen LogP contribution in [0.3, 0.4) is 0 Å². The number of fused-ring (bicyclic) bond motifs is 1. The molecule has 2 heteroatoms. The molecule has 13 heavy (non-hydrogen) atoms. The lowest BCUT2D eigenvalue weighted by Crippen LogP contribution is -1.66. The highest BCUT2D eigenvalue weighted by Gasteiger charge is 1.86. The lowest BCUT2D eigenvalue weighted by Gasteiger charge is -1.86. The van der Waals surface area contributed by atoms with Gasteiger partial charge < -0.3 is 4.52 Å². The van der Waals surface area contributed by atoms with E-state index in [0.29, 0.717) is 0 Å². The molecule has 0 N–H and O–H groups in total. The molecule has 2 rings (SSSR count). The summed E-state index contributed by atoms with van der Waals surface area (Å²) in [6.45, 7) is 0. The maximum absolute atomic E-state index is 5.18. The topological polar surface area (TPSA) is 26.0 Å². The highest BCUT2D eigenvalue weighted by molar-refractivity contribution is 5.75. The van der Waals surface area contributed by atoms with Gasteiger partial charge in [0.05, 0.1) is 6.20 Å². The van der Waals surface area contributed by atoms with Crippen LogP contribution in [0, 0.1) is 0 Å². The average molecular weight is 171 g/mol. The van der Waals surface area contributed by atoms with Crippen molar-refractivity contribution in [3.63, 3.8) is 0 Å². The monoisotopic (exact) mass is 171 g/mol. The standard InChI is InChI=1S/C11H9NO/c1-2-6-10-7-3-4-8-11(10)13-12-9-5-1/h1-9H. The second-order valence-electron chi connectivity index (χ2n) is 2.63. The van der Waals surface area contributed by atoms with Gasteiger partial charge in [0.25, 0.3) is 0 Å². The van der Waals surface area contributed by atoms with Gasteiger partial charge in [-0.15, -0.1) is 0 Å². The van der Waals surface area contributed by atoms with Crippen molar-refractivity contribution >= 4 is 11.0 Å². The van der Waals surface area contributed by atoms with Crippen LogP contribution in [0.15, 0.2) is 59.3 Å². The van der Waals surface area contributed by atoms with E-state index in [9.17, 15) is 0 Å². The van der Waals surface area contributed by atoms with Crippen LogP contribution in [-0.2, 0) is 0 Å². The summed E-state index contributed by atoms with van der Waals surface area (Å²) in [4.78, 5) is 0. The van der Waals surface area contributed by atoms with Crippen molar-refractivity contribution in [2.45, 2.75) is 0 Å². The molecule has 2 aromatic rings. The molecule has 0 saturated heterocycles. The van der Waals surface area contributed by atoms with E-state index < -0.39 is 0 Å². The number of nitrogens with zero attached hydrogens (tertiary/aromatic N) is 1. The lowest BCUT2D eigenvalue weighted by molar-refractivity contribution is 0.445. The first kappa shape index (κ1) is 7.80. The van der Waals surface area contributed by atoms with Gasteiger partial charge in [0.2, 0.25) is 0 Å². The Morgan fingerprint density at radius 1 is 0.846 bits per heavy atom. The molecule has 0 unspecified atom stereocenters. The van der Waals surface area contributed by atoms with Crippen molar-refractivity contribution in [2.75, 3.05) is 0 Å². The van der Waals surface area contributed by atoms with Crippen LogP contribution in [0.4, 0.5) is 0 Å². The molecule has 0 spiro atoms. The summed E-state index contributed by atoms with van der Waals surface area (Å²) in [6.07, 6.45) is 1.62. The Morgan fingerprint density at radius 2 is 1.62 bits per heavy atom. The van der Waals surface area contributed by atoms with Crippen LogP contribution >= 0.6 is 0 Å². The molecule has 2 nitrogen and oxygen atoms in total. The summed E-state index contributed by atoms with van der Waals surface area (Å²) < 4.78 is 5.18. The van der Waals surface area contributed by atoms with E-state index in [1.54, 1.807) is 6.20 Å². The molecular weight excluding hydrogens is 162 g/mol. The Bertz CT molecular complexity index is 406. The second-order valence-corrected chi connectivity index (χ2v) is 2.63. The number of aromatic nitrogens is 1. The van der Waals surface area contributed by atoms with Gasteiger partial charge in [0, 0.05) is 5.39 Å². The van der Waals surface area contributed by atoms with Crippen molar-refractivity contribution in [2.24, 2.45) is 0 Å². The Hall–Kier alpha value is -1.83. The van der Waals surface area contributed by atoms with Crippen LogP contribution < -0.4 is 0 Å². The zero-order valence-corrected chi connectivity index (χ0v) is 7.05. The van der Waals surface area contributed by atoms with Crippen molar-refractivity contribution in [1.29, 1.82) is 0 Å². The van der Waals surface area contributed by atoms with Crippen LogP contribution in [0.2, 0.25) is 0 Å². The van der Waals surface area contributed by atoms with Gasteiger partial charge in [-0.2, -0.15) is 0 Å². The summed E-state index contributed by atoms with van der Waals surface area (Å²) in [7, 11) is 0. The Labute approximate surface area is 76.1 Å². The van der Waals surface area contributed by atoms with Crippen LogP contribution in [-0.4, -0.2) is 5.16 Å². The molecule has 64 valence electrons. The smallest absolute Gasteiger partial charge is 0.165 e. The summed E-state index contributed by atoms with van der Waals surface area (Å²) >= 11 is 0. The Kier molecular flexibility index (Phi) is 2.23. The first-order chi connectivity index (χ1) is 6.47. The van der Waals surface area contributed by atoms with Gasteiger partial charge in [0.1, 0.15) is 0 Å². The zero-order valence-electron chi connectivity index (χ0n) is 7.05. The first-order valence-corrected chi connectivity index (χ1v) is 4.09. The molecule has 0 fully saturated rings. The molecule has 0 radical (unpaired) electrons. The zero-order chi connectivity index (χ0) is 8.93. The largest absolute Gasteiger partial charge is 0.356 e. The SMILES string of the molecule is c1ccnoc2ccccc2cc1. The van der Waals surface area contributed by atoms with Crippen LogP contribution in [0.1, 0.15) is 0 Å². The number of para-hydroxylation sites is 1. The molecule has 0 aliphatic rings. The first-order valence-electron chi connectivity index (χ1n) is 4.09. The fourth-order valence-corrected chi connectivity index (χ4v) is 1.10. The van der Waals surface area contributed by atoms with E-state index in [0.717, 1.165) is 11.0 Å². The number of hydrogen-bond acceptors (Lipinski definition) is 2. The maximum atomic E-state index is 5.18. The second kappa shape index (κ2) is 3.72. The van der Waals surface area contributed by atoms with E-state index >= 15 is 0 Å². The minimum Gasteiger partial charge on any atom is -0.356 e. The summed E-state index contributed by atoms with van der Waals surface area (Å²) in [6, 6.07) is 15.4. The summed E-state index contributed by atoms with van der Waals surface area (Å²) in [5, 5.41) is 4.81. The molecule has 0 aliphatic carbocycles. The van der Waals surface area contributed by atoms with E-state index in [2.05, 4.69) is 5.16 Å². The van der Waals surface area contributed by atoms with Gasteiger partial charge >= 0.3 is 0 Å². The molecular formula is C11H9NO. The van der Waals surface area contributed by atoms with Gasteiger partial charge in [-0.25, -0.2) is 0 Å². The van der Waals surface area contributed by atoms with Gasteiger partial charge in [-0.1, -0.05) is 41.6 Å². The predicted octanol–water partition coefficient (Wildman–Crippen LogP) is 2.95. The fraction of sp³-hybridized carbons (Fsp3) is 0. The third-order valence-electron chi connectivity index (χ3n) is 1.71. The molecule has 0 atom stereocenters. The Balaban J connectivity index is 2.82. The van der Waals surface area contributed by atoms with Crippen LogP contribution in [0.25, 0.3) is 11.0 Å². The molecule has 0 saturated carbocycles. The van der Waals surface area contributed by atoms with Crippen molar-refractivity contribution in [3.8, 4) is 0 Å². The van der Waals surface area contributed by atoms with E-state index in [1.165, 1.54) is 0 Å². The molecule has 0 bridgehead atoms. The lowest BCUT2D eigenvalue weighted by atomic mass is 10.2. The quantitative estimate of drug-likeness (QED) is 0.609. The highest BCUT2D eigenvalue weighted by Crippen LogP contribution is 2.08. The molecule has 1 aromatic carbocycles. The molecule has 1 heterocycles. The molecule has 0 aliphatic heterocycles. The molecule has 0 amide bonds. The summed E-state index contributed by atoms with van der Waals surface area (Å²) in [5.41, 5.74) is 0.777. The predicted molar refractivity (Wildman–Crippen MR) is 51.6 cm³/mol. The third-order valence-corrected chi connectivity index (χ3v) is 1.71. The van der Waals surface area contributed by atoms with Crippen molar-refractivity contribution in [3.05, 3.63) is 54.7 Å². The third kappa shape index (κ3) is 1.85. The van der Waals surface area contributed by atoms with Gasteiger partial charge in [-0.3, -0.25) is 0 Å².